The van der Waals surface area contributed by atoms with Crippen molar-refractivity contribution in [3.8, 4) is 11.5 Å². The van der Waals surface area contributed by atoms with E-state index in [0.29, 0.717) is 18.7 Å². The molecule has 0 saturated carbocycles. The van der Waals surface area contributed by atoms with Gasteiger partial charge in [0.05, 0.1) is 0 Å². The second kappa shape index (κ2) is 7.19. The summed E-state index contributed by atoms with van der Waals surface area (Å²) in [6.07, 6.45) is 1.03. The smallest absolute Gasteiger partial charge is 0.322 e. The van der Waals surface area contributed by atoms with Crippen LogP contribution in [0.5, 0.6) is 0 Å². The second-order valence-corrected chi connectivity index (χ2v) is 5.87. The summed E-state index contributed by atoms with van der Waals surface area (Å²) in [5.41, 5.74) is 1.90. The van der Waals surface area contributed by atoms with Gasteiger partial charge in [-0.05, 0) is 30.2 Å². The molecule has 116 valence electrons. The van der Waals surface area contributed by atoms with Crippen LogP contribution in [0.4, 0.5) is 6.01 Å². The minimum absolute atomic E-state index is 0.109. The third kappa shape index (κ3) is 4.26. The quantitative estimate of drug-likeness (QED) is 0.733. The molecular weight excluding hydrogens is 358 g/mol. The topological polar surface area (TPSA) is 68.0 Å². The molecule has 3 aromatic rings. The van der Waals surface area contributed by atoms with Crippen LogP contribution in [-0.4, -0.2) is 16.1 Å². The van der Waals surface area contributed by atoms with Gasteiger partial charge in [0.25, 0.3) is 0 Å². The van der Waals surface area contributed by atoms with Crippen LogP contribution in [-0.2, 0) is 11.2 Å². The first-order chi connectivity index (χ1) is 11.2. The van der Waals surface area contributed by atoms with E-state index in [1.54, 1.807) is 0 Å². The number of hydrogen-bond donors (Lipinski definition) is 1. The lowest BCUT2D eigenvalue weighted by Gasteiger charge is -2.01. The highest BCUT2D eigenvalue weighted by Crippen LogP contribution is 2.23. The molecule has 1 N–H and O–H groups in total. The van der Waals surface area contributed by atoms with Crippen molar-refractivity contribution in [1.29, 1.82) is 0 Å². The number of aryl methyl sites for hydroxylation is 1. The summed E-state index contributed by atoms with van der Waals surface area (Å²) >= 11 is 3.39. The van der Waals surface area contributed by atoms with Crippen molar-refractivity contribution in [3.05, 3.63) is 64.6 Å². The van der Waals surface area contributed by atoms with E-state index < -0.39 is 0 Å². The number of hydrogen-bond acceptors (Lipinski definition) is 4. The van der Waals surface area contributed by atoms with Gasteiger partial charge in [-0.1, -0.05) is 57.4 Å². The fourth-order valence-electron chi connectivity index (χ4n) is 2.10. The van der Waals surface area contributed by atoms with Crippen LogP contribution < -0.4 is 5.32 Å². The van der Waals surface area contributed by atoms with Crippen molar-refractivity contribution in [2.24, 2.45) is 0 Å². The Morgan fingerprint density at radius 3 is 2.70 bits per heavy atom. The number of amides is 1. The molecule has 1 aromatic heterocycles. The highest BCUT2D eigenvalue weighted by atomic mass is 79.9. The van der Waals surface area contributed by atoms with Gasteiger partial charge in [-0.25, -0.2) is 0 Å². The lowest BCUT2D eigenvalue weighted by atomic mass is 10.1. The Kier molecular flexibility index (Phi) is 4.83. The Bertz CT molecular complexity index is 802. The zero-order valence-electron chi connectivity index (χ0n) is 12.2. The molecule has 5 nitrogen and oxygen atoms in total. The lowest BCUT2D eigenvalue weighted by molar-refractivity contribution is -0.116. The number of halogens is 1. The van der Waals surface area contributed by atoms with E-state index in [0.717, 1.165) is 15.6 Å². The first kappa shape index (κ1) is 15.4. The number of nitrogens with one attached hydrogen (secondary N) is 1. The van der Waals surface area contributed by atoms with Crippen molar-refractivity contribution in [2.75, 3.05) is 5.32 Å². The van der Waals surface area contributed by atoms with Gasteiger partial charge in [0.2, 0.25) is 11.8 Å². The molecule has 0 spiro atoms. The summed E-state index contributed by atoms with van der Waals surface area (Å²) in [4.78, 5) is 11.9. The number of carbonyl (C=O) groups is 1. The maximum Gasteiger partial charge on any atom is 0.322 e. The molecule has 0 aliphatic heterocycles. The van der Waals surface area contributed by atoms with Crippen LogP contribution in [0.2, 0.25) is 0 Å². The first-order valence-corrected chi connectivity index (χ1v) is 7.93. The molecule has 0 atom stereocenters. The van der Waals surface area contributed by atoms with E-state index in [2.05, 4.69) is 31.4 Å². The zero-order chi connectivity index (χ0) is 16.1. The molecule has 1 amide bonds. The van der Waals surface area contributed by atoms with Crippen LogP contribution in [0.1, 0.15) is 12.0 Å². The van der Waals surface area contributed by atoms with E-state index in [1.807, 2.05) is 54.6 Å². The van der Waals surface area contributed by atoms with Gasteiger partial charge >= 0.3 is 6.01 Å². The molecule has 23 heavy (non-hydrogen) atoms. The van der Waals surface area contributed by atoms with Gasteiger partial charge in [-0.15, -0.1) is 5.10 Å². The largest absolute Gasteiger partial charge is 0.403 e. The number of carbonyl (C=O) groups excluding carboxylic acids is 1. The molecule has 0 aliphatic carbocycles. The molecule has 6 heteroatoms. The third-order valence-electron chi connectivity index (χ3n) is 3.23. The number of benzene rings is 2. The molecule has 2 aromatic carbocycles. The predicted octanol–water partition coefficient (Wildman–Crippen LogP) is 4.07. The van der Waals surface area contributed by atoms with E-state index in [1.165, 1.54) is 0 Å². The van der Waals surface area contributed by atoms with E-state index in [4.69, 9.17) is 4.42 Å². The highest BCUT2D eigenvalue weighted by molar-refractivity contribution is 9.10. The van der Waals surface area contributed by atoms with Crippen LogP contribution >= 0.6 is 15.9 Å². The fourth-order valence-corrected chi connectivity index (χ4v) is 2.50. The Morgan fingerprint density at radius 1 is 1.09 bits per heavy atom. The van der Waals surface area contributed by atoms with Gasteiger partial charge < -0.3 is 4.42 Å². The Labute approximate surface area is 141 Å². The van der Waals surface area contributed by atoms with Crippen LogP contribution in [0.25, 0.3) is 11.5 Å². The number of nitrogens with zero attached hydrogens (tertiary/aromatic N) is 2. The fraction of sp³-hybridized carbons (Fsp3) is 0.118. The molecular formula is C17H14BrN3O2. The summed E-state index contributed by atoms with van der Waals surface area (Å²) in [7, 11) is 0. The molecule has 0 aliphatic rings. The standard InChI is InChI=1S/C17H14BrN3O2/c18-14-8-4-7-13(11-14)16-20-21-17(23-16)19-15(22)10-9-12-5-2-1-3-6-12/h1-8,11H,9-10H2,(H,19,21,22). The Morgan fingerprint density at radius 2 is 1.91 bits per heavy atom. The molecule has 0 bridgehead atoms. The van der Waals surface area contributed by atoms with Crippen LogP contribution in [0.15, 0.2) is 63.5 Å². The van der Waals surface area contributed by atoms with Crippen molar-refractivity contribution in [1.82, 2.24) is 10.2 Å². The second-order valence-electron chi connectivity index (χ2n) is 4.96. The summed E-state index contributed by atoms with van der Waals surface area (Å²) in [6.45, 7) is 0. The van der Waals surface area contributed by atoms with Crippen LogP contribution in [0.3, 0.4) is 0 Å². The molecule has 0 fully saturated rings. The SMILES string of the molecule is O=C(CCc1ccccc1)Nc1nnc(-c2cccc(Br)c2)o1. The van der Waals surface area contributed by atoms with E-state index in [9.17, 15) is 4.79 Å². The molecule has 0 radical (unpaired) electrons. The molecule has 0 saturated heterocycles. The number of rotatable bonds is 5. The van der Waals surface area contributed by atoms with E-state index in [-0.39, 0.29) is 11.9 Å². The first-order valence-electron chi connectivity index (χ1n) is 7.14. The summed E-state index contributed by atoms with van der Waals surface area (Å²) in [5, 5.41) is 10.4. The monoisotopic (exact) mass is 371 g/mol. The maximum atomic E-state index is 11.9. The summed E-state index contributed by atoms with van der Waals surface area (Å²) < 4.78 is 6.39. The van der Waals surface area contributed by atoms with Gasteiger partial charge in [0.15, 0.2) is 0 Å². The maximum absolute atomic E-state index is 11.9. The van der Waals surface area contributed by atoms with Crippen LogP contribution in [0, 0.1) is 0 Å². The van der Waals surface area contributed by atoms with Crippen molar-refractivity contribution in [2.45, 2.75) is 12.8 Å². The zero-order valence-corrected chi connectivity index (χ0v) is 13.8. The number of anilines is 1. The Hall–Kier alpha value is -2.47. The highest BCUT2D eigenvalue weighted by Gasteiger charge is 2.11. The number of aromatic nitrogens is 2. The molecule has 3 rings (SSSR count). The minimum Gasteiger partial charge on any atom is -0.403 e. The summed E-state index contributed by atoms with van der Waals surface area (Å²) in [6, 6.07) is 17.5. The lowest BCUT2D eigenvalue weighted by Crippen LogP contribution is -2.12. The van der Waals surface area contributed by atoms with Crippen molar-refractivity contribution in [3.63, 3.8) is 0 Å². The van der Waals surface area contributed by atoms with Gasteiger partial charge in [-0.3, -0.25) is 10.1 Å². The normalized spacial score (nSPS) is 10.5. The van der Waals surface area contributed by atoms with Gasteiger partial charge in [0, 0.05) is 16.5 Å². The Balaban J connectivity index is 1.59. The minimum atomic E-state index is -0.154. The average molecular weight is 372 g/mol. The van der Waals surface area contributed by atoms with E-state index >= 15 is 0 Å². The van der Waals surface area contributed by atoms with Crippen molar-refractivity contribution < 1.29 is 9.21 Å². The van der Waals surface area contributed by atoms with Crippen molar-refractivity contribution >= 4 is 27.9 Å². The third-order valence-corrected chi connectivity index (χ3v) is 3.72. The van der Waals surface area contributed by atoms with Gasteiger partial charge in [0.1, 0.15) is 0 Å². The van der Waals surface area contributed by atoms with Gasteiger partial charge in [-0.2, -0.15) is 0 Å². The predicted molar refractivity (Wildman–Crippen MR) is 90.8 cm³/mol. The molecule has 1 heterocycles. The average Bonchev–Trinajstić information content (AvgIpc) is 3.02. The molecule has 0 unspecified atom stereocenters. The summed E-state index contributed by atoms with van der Waals surface area (Å²) in [5.74, 6) is 0.211.